The molecular weight excluding hydrogens is 174 g/mol. The molecule has 0 radical (unpaired) electrons. The molecule has 0 aliphatic rings. The molecule has 14 heavy (non-hydrogen) atoms. The predicted molar refractivity (Wildman–Crippen MR) is 59.1 cm³/mol. The van der Waals surface area contributed by atoms with Gasteiger partial charge in [-0.2, -0.15) is 0 Å². The van der Waals surface area contributed by atoms with Gasteiger partial charge >= 0.3 is 0 Å². The molecule has 80 valence electrons. The van der Waals surface area contributed by atoms with Crippen molar-refractivity contribution in [3.8, 4) is 0 Å². The van der Waals surface area contributed by atoms with Gasteiger partial charge in [0.15, 0.2) is 0 Å². The summed E-state index contributed by atoms with van der Waals surface area (Å²) in [5.74, 6) is 2.67. The van der Waals surface area contributed by atoms with Gasteiger partial charge in [0, 0.05) is 6.42 Å². The van der Waals surface area contributed by atoms with Crippen molar-refractivity contribution in [2.24, 2.45) is 11.7 Å². The molecule has 0 amide bonds. The van der Waals surface area contributed by atoms with E-state index in [0.29, 0.717) is 5.92 Å². The van der Waals surface area contributed by atoms with Crippen molar-refractivity contribution in [1.82, 2.24) is 0 Å². The van der Waals surface area contributed by atoms with E-state index in [1.807, 2.05) is 12.1 Å². The molecule has 1 aromatic rings. The number of hydrogen-bond donors (Lipinski definition) is 1. The van der Waals surface area contributed by atoms with Crippen LogP contribution in [-0.4, -0.2) is 0 Å². The molecule has 0 aliphatic heterocycles. The van der Waals surface area contributed by atoms with Gasteiger partial charge in [0.1, 0.15) is 11.5 Å². The van der Waals surface area contributed by atoms with Crippen molar-refractivity contribution in [3.63, 3.8) is 0 Å². The molecule has 2 heteroatoms. The molecule has 0 fully saturated rings. The molecule has 0 unspecified atom stereocenters. The lowest BCUT2D eigenvalue weighted by Gasteiger charge is -2.10. The van der Waals surface area contributed by atoms with Crippen LogP contribution in [0.2, 0.25) is 0 Å². The minimum atomic E-state index is 0.0673. The Labute approximate surface area is 86.5 Å². The average Bonchev–Trinajstić information content (AvgIpc) is 2.62. The van der Waals surface area contributed by atoms with Gasteiger partial charge in [0.2, 0.25) is 0 Å². The minimum Gasteiger partial charge on any atom is -0.464 e. The molecule has 0 saturated carbocycles. The fourth-order valence-electron chi connectivity index (χ4n) is 1.44. The third-order valence-electron chi connectivity index (χ3n) is 2.45. The first-order valence-electron chi connectivity index (χ1n) is 5.47. The smallest absolute Gasteiger partial charge is 0.120 e. The van der Waals surface area contributed by atoms with Crippen LogP contribution in [0.25, 0.3) is 0 Å². The Morgan fingerprint density at radius 3 is 2.50 bits per heavy atom. The minimum absolute atomic E-state index is 0.0673. The van der Waals surface area contributed by atoms with Gasteiger partial charge in [0.25, 0.3) is 0 Å². The van der Waals surface area contributed by atoms with Crippen molar-refractivity contribution in [2.75, 3.05) is 0 Å². The highest BCUT2D eigenvalue weighted by molar-refractivity contribution is 5.10. The zero-order valence-electron chi connectivity index (χ0n) is 9.42. The number of nitrogens with two attached hydrogens (primary N) is 1. The third kappa shape index (κ3) is 3.18. The molecule has 2 nitrogen and oxygen atoms in total. The van der Waals surface area contributed by atoms with Crippen molar-refractivity contribution in [2.45, 2.75) is 46.1 Å². The van der Waals surface area contributed by atoms with E-state index in [2.05, 4.69) is 20.8 Å². The predicted octanol–water partition coefficient (Wildman–Crippen LogP) is 3.28. The summed E-state index contributed by atoms with van der Waals surface area (Å²) >= 11 is 0. The van der Waals surface area contributed by atoms with Crippen molar-refractivity contribution in [3.05, 3.63) is 23.7 Å². The molecule has 0 spiro atoms. The summed E-state index contributed by atoms with van der Waals surface area (Å²) in [5.41, 5.74) is 6.02. The largest absolute Gasteiger partial charge is 0.464 e. The molecule has 0 saturated heterocycles. The Morgan fingerprint density at radius 1 is 1.29 bits per heavy atom. The molecule has 0 bridgehead atoms. The van der Waals surface area contributed by atoms with Gasteiger partial charge in [-0.25, -0.2) is 0 Å². The first-order valence-corrected chi connectivity index (χ1v) is 5.47. The first kappa shape index (κ1) is 11.3. The highest BCUT2D eigenvalue weighted by Crippen LogP contribution is 2.20. The van der Waals surface area contributed by atoms with Crippen molar-refractivity contribution < 1.29 is 4.42 Å². The van der Waals surface area contributed by atoms with E-state index >= 15 is 0 Å². The van der Waals surface area contributed by atoms with Crippen molar-refractivity contribution >= 4 is 0 Å². The fourth-order valence-corrected chi connectivity index (χ4v) is 1.44. The number of aryl methyl sites for hydroxylation is 1. The Bertz CT molecular complexity index is 265. The maximum absolute atomic E-state index is 6.02. The lowest BCUT2D eigenvalue weighted by Crippen LogP contribution is -2.10. The van der Waals surface area contributed by atoms with E-state index in [1.54, 1.807) is 0 Å². The second kappa shape index (κ2) is 5.20. The number of rotatable bonds is 5. The Kier molecular flexibility index (Phi) is 4.21. The van der Waals surface area contributed by atoms with Crippen LogP contribution in [0.5, 0.6) is 0 Å². The number of furan rings is 1. The third-order valence-corrected chi connectivity index (χ3v) is 2.45. The van der Waals surface area contributed by atoms with E-state index in [9.17, 15) is 0 Å². The van der Waals surface area contributed by atoms with Crippen molar-refractivity contribution in [1.29, 1.82) is 0 Å². The van der Waals surface area contributed by atoms with E-state index in [-0.39, 0.29) is 6.04 Å². The second-order valence-electron chi connectivity index (χ2n) is 4.24. The topological polar surface area (TPSA) is 39.2 Å². The second-order valence-corrected chi connectivity index (χ2v) is 4.24. The van der Waals surface area contributed by atoms with Crippen LogP contribution < -0.4 is 5.73 Å². The molecule has 1 heterocycles. The van der Waals surface area contributed by atoms with Crippen LogP contribution >= 0.6 is 0 Å². The van der Waals surface area contributed by atoms with E-state index in [4.69, 9.17) is 10.2 Å². The van der Waals surface area contributed by atoms with Gasteiger partial charge in [-0.05, 0) is 30.9 Å². The summed E-state index contributed by atoms with van der Waals surface area (Å²) < 4.78 is 5.60. The van der Waals surface area contributed by atoms with E-state index < -0.39 is 0 Å². The normalized spacial score (nSPS) is 13.5. The van der Waals surface area contributed by atoms with Crippen LogP contribution in [0, 0.1) is 5.92 Å². The summed E-state index contributed by atoms with van der Waals surface area (Å²) in [4.78, 5) is 0. The monoisotopic (exact) mass is 195 g/mol. The van der Waals surface area contributed by atoms with Gasteiger partial charge in [-0.3, -0.25) is 0 Å². The molecule has 0 aromatic carbocycles. The van der Waals surface area contributed by atoms with Gasteiger partial charge in [-0.15, -0.1) is 0 Å². The Balaban J connectivity index is 2.47. The molecule has 1 rings (SSSR count). The SMILES string of the molecule is CCc1ccc([C@H](N)CCC(C)C)o1. The summed E-state index contributed by atoms with van der Waals surface area (Å²) in [6, 6.07) is 4.09. The lowest BCUT2D eigenvalue weighted by atomic mass is 10.0. The van der Waals surface area contributed by atoms with E-state index in [1.165, 1.54) is 0 Å². The highest BCUT2D eigenvalue weighted by Gasteiger charge is 2.10. The van der Waals surface area contributed by atoms with Crippen LogP contribution in [0.4, 0.5) is 0 Å². The molecule has 1 aromatic heterocycles. The summed E-state index contributed by atoms with van der Waals surface area (Å²) in [7, 11) is 0. The summed E-state index contributed by atoms with van der Waals surface area (Å²) in [5, 5.41) is 0. The molecule has 1 atom stereocenters. The number of hydrogen-bond acceptors (Lipinski definition) is 2. The van der Waals surface area contributed by atoms with Crippen LogP contribution in [-0.2, 0) is 6.42 Å². The zero-order valence-corrected chi connectivity index (χ0v) is 9.42. The lowest BCUT2D eigenvalue weighted by molar-refractivity contribution is 0.405. The fraction of sp³-hybridized carbons (Fsp3) is 0.667. The van der Waals surface area contributed by atoms with Crippen LogP contribution in [0.15, 0.2) is 16.5 Å². The Morgan fingerprint density at radius 2 is 2.00 bits per heavy atom. The Hall–Kier alpha value is -0.760. The molecule has 2 N–H and O–H groups in total. The quantitative estimate of drug-likeness (QED) is 0.783. The van der Waals surface area contributed by atoms with Crippen LogP contribution in [0.1, 0.15) is 51.2 Å². The summed E-state index contributed by atoms with van der Waals surface area (Å²) in [6.45, 7) is 6.51. The zero-order chi connectivity index (χ0) is 10.6. The van der Waals surface area contributed by atoms with Gasteiger partial charge in [-0.1, -0.05) is 20.8 Å². The molecule has 0 aliphatic carbocycles. The highest BCUT2D eigenvalue weighted by atomic mass is 16.3. The first-order chi connectivity index (χ1) is 6.63. The average molecular weight is 195 g/mol. The van der Waals surface area contributed by atoms with Crippen LogP contribution in [0.3, 0.4) is 0 Å². The maximum atomic E-state index is 6.02. The maximum Gasteiger partial charge on any atom is 0.120 e. The standard InChI is InChI=1S/C12H21NO/c1-4-10-6-8-12(14-10)11(13)7-5-9(2)3/h6,8-9,11H,4-5,7,13H2,1-3H3/t11-/m1/s1. The van der Waals surface area contributed by atoms with E-state index in [0.717, 1.165) is 30.8 Å². The summed E-state index contributed by atoms with van der Waals surface area (Å²) in [6.07, 6.45) is 3.11. The van der Waals surface area contributed by atoms with Gasteiger partial charge in [0.05, 0.1) is 6.04 Å². The molecular formula is C12H21NO. The van der Waals surface area contributed by atoms with Gasteiger partial charge < -0.3 is 10.2 Å².